The smallest absolute Gasteiger partial charge is 0.195 e. The highest BCUT2D eigenvalue weighted by molar-refractivity contribution is 5.83. The predicted octanol–water partition coefficient (Wildman–Crippen LogP) is 0.0185. The van der Waals surface area contributed by atoms with Gasteiger partial charge in [-0.1, -0.05) is 30.3 Å². The molecule has 22 heavy (non-hydrogen) atoms. The van der Waals surface area contributed by atoms with Crippen LogP contribution in [-0.2, 0) is 4.74 Å². The van der Waals surface area contributed by atoms with E-state index in [0.717, 1.165) is 10.8 Å². The quantitative estimate of drug-likeness (QED) is 0.638. The lowest BCUT2D eigenvalue weighted by atomic mass is 9.99. The van der Waals surface area contributed by atoms with Gasteiger partial charge in [-0.3, -0.25) is 0 Å². The van der Waals surface area contributed by atoms with Crippen LogP contribution in [0.25, 0.3) is 10.8 Å². The minimum absolute atomic E-state index is 0.444. The zero-order chi connectivity index (χ0) is 15.7. The van der Waals surface area contributed by atoms with E-state index in [2.05, 4.69) is 0 Å². The number of ether oxygens (including phenoxy) is 2. The summed E-state index contributed by atoms with van der Waals surface area (Å²) in [7, 11) is 0. The molecule has 118 valence electrons. The summed E-state index contributed by atoms with van der Waals surface area (Å²) in [5.41, 5.74) is 0. The summed E-state index contributed by atoms with van der Waals surface area (Å²) in [6.45, 7) is -0.502. The molecule has 2 aromatic carbocycles. The largest absolute Gasteiger partial charge is 0.482 e. The minimum Gasteiger partial charge on any atom is -0.482 e. The standard InChI is InChI=1S/C16H18O6/c17-8-12-13(18)14(19)15(16(20)22-12)21-11-6-5-9-3-1-2-4-10(9)7-11/h1-7,12-20H,8H2/t12-,13+,14+,15-,16+/m1/s1. The molecule has 0 radical (unpaired) electrons. The SMILES string of the molecule is OC[C@H]1O[C@H](O)[C@H](Oc2ccc3ccccc3c2)[C@@H](O)[C@H]1O. The Morgan fingerprint density at radius 2 is 1.68 bits per heavy atom. The minimum atomic E-state index is -1.44. The van der Waals surface area contributed by atoms with E-state index in [-0.39, 0.29) is 0 Å². The van der Waals surface area contributed by atoms with Gasteiger partial charge >= 0.3 is 0 Å². The molecule has 3 rings (SSSR count). The number of fused-ring (bicyclic) bond motifs is 1. The molecular weight excluding hydrogens is 288 g/mol. The Hall–Kier alpha value is -1.70. The Kier molecular flexibility index (Phi) is 4.28. The van der Waals surface area contributed by atoms with Gasteiger partial charge < -0.3 is 29.9 Å². The normalized spacial score (nSPS) is 32.1. The van der Waals surface area contributed by atoms with Gasteiger partial charge in [0.25, 0.3) is 0 Å². The fourth-order valence-electron chi connectivity index (χ4n) is 2.60. The zero-order valence-corrected chi connectivity index (χ0v) is 11.7. The second-order valence-electron chi connectivity index (χ2n) is 5.32. The van der Waals surface area contributed by atoms with E-state index in [1.54, 1.807) is 12.1 Å². The molecule has 1 aliphatic heterocycles. The first kappa shape index (κ1) is 15.2. The molecule has 0 spiro atoms. The molecule has 1 heterocycles. The average molecular weight is 306 g/mol. The second kappa shape index (κ2) is 6.20. The van der Waals surface area contributed by atoms with Crippen LogP contribution in [0.4, 0.5) is 0 Å². The van der Waals surface area contributed by atoms with Gasteiger partial charge in [0.2, 0.25) is 0 Å². The Bertz CT molecular complexity index is 645. The van der Waals surface area contributed by atoms with Crippen LogP contribution in [0.5, 0.6) is 5.75 Å². The Morgan fingerprint density at radius 3 is 2.41 bits per heavy atom. The van der Waals surface area contributed by atoms with Crippen LogP contribution < -0.4 is 4.74 Å². The molecule has 5 atom stereocenters. The van der Waals surface area contributed by atoms with Crippen LogP contribution >= 0.6 is 0 Å². The van der Waals surface area contributed by atoms with Crippen molar-refractivity contribution in [3.8, 4) is 5.75 Å². The van der Waals surface area contributed by atoms with Gasteiger partial charge in [0.05, 0.1) is 6.61 Å². The summed E-state index contributed by atoms with van der Waals surface area (Å²) >= 11 is 0. The predicted molar refractivity (Wildman–Crippen MR) is 78.3 cm³/mol. The fourth-order valence-corrected chi connectivity index (χ4v) is 2.60. The highest BCUT2D eigenvalue weighted by Gasteiger charge is 2.45. The molecule has 2 aromatic rings. The second-order valence-corrected chi connectivity index (χ2v) is 5.32. The number of aliphatic hydroxyl groups is 4. The van der Waals surface area contributed by atoms with Gasteiger partial charge in [-0.15, -0.1) is 0 Å². The van der Waals surface area contributed by atoms with Crippen molar-refractivity contribution < 1.29 is 29.9 Å². The van der Waals surface area contributed by atoms with E-state index in [0.29, 0.717) is 5.75 Å². The van der Waals surface area contributed by atoms with Gasteiger partial charge in [0, 0.05) is 0 Å². The van der Waals surface area contributed by atoms with E-state index < -0.39 is 37.3 Å². The summed E-state index contributed by atoms with van der Waals surface area (Å²) in [5.74, 6) is 0.444. The van der Waals surface area contributed by atoms with Crippen LogP contribution in [0.2, 0.25) is 0 Å². The molecule has 1 saturated heterocycles. The molecule has 1 fully saturated rings. The first-order chi connectivity index (χ1) is 10.6. The van der Waals surface area contributed by atoms with Crippen LogP contribution in [0.15, 0.2) is 42.5 Å². The maximum atomic E-state index is 10.1. The lowest BCUT2D eigenvalue weighted by Gasteiger charge is -2.39. The van der Waals surface area contributed by atoms with Crippen molar-refractivity contribution in [2.24, 2.45) is 0 Å². The van der Waals surface area contributed by atoms with Gasteiger partial charge in [-0.05, 0) is 22.9 Å². The third kappa shape index (κ3) is 2.79. The molecular formula is C16H18O6. The third-order valence-electron chi connectivity index (χ3n) is 3.84. The monoisotopic (exact) mass is 306 g/mol. The Labute approximate surface area is 127 Å². The van der Waals surface area contributed by atoms with Crippen molar-refractivity contribution in [2.75, 3.05) is 6.61 Å². The van der Waals surface area contributed by atoms with Crippen molar-refractivity contribution in [1.29, 1.82) is 0 Å². The van der Waals surface area contributed by atoms with E-state index in [1.807, 2.05) is 30.3 Å². The third-order valence-corrected chi connectivity index (χ3v) is 3.84. The fraction of sp³-hybridized carbons (Fsp3) is 0.375. The first-order valence-electron chi connectivity index (χ1n) is 7.06. The van der Waals surface area contributed by atoms with Crippen LogP contribution in [-0.4, -0.2) is 57.7 Å². The van der Waals surface area contributed by atoms with E-state index in [1.165, 1.54) is 0 Å². The maximum Gasteiger partial charge on any atom is 0.195 e. The van der Waals surface area contributed by atoms with E-state index >= 15 is 0 Å². The molecule has 0 aliphatic carbocycles. The number of aliphatic hydroxyl groups excluding tert-OH is 4. The zero-order valence-electron chi connectivity index (χ0n) is 11.7. The van der Waals surface area contributed by atoms with Crippen LogP contribution in [0, 0.1) is 0 Å². The molecule has 0 bridgehead atoms. The molecule has 6 heteroatoms. The number of rotatable bonds is 3. The van der Waals surface area contributed by atoms with Crippen molar-refractivity contribution >= 4 is 10.8 Å². The Balaban J connectivity index is 1.81. The first-order valence-corrected chi connectivity index (χ1v) is 7.06. The summed E-state index contributed by atoms with van der Waals surface area (Å²) in [5, 5.41) is 40.8. The van der Waals surface area contributed by atoms with Gasteiger partial charge in [-0.25, -0.2) is 0 Å². The lowest BCUT2D eigenvalue weighted by molar-refractivity contribution is -0.280. The molecule has 6 nitrogen and oxygen atoms in total. The molecule has 0 aromatic heterocycles. The van der Waals surface area contributed by atoms with Crippen molar-refractivity contribution in [3.63, 3.8) is 0 Å². The maximum absolute atomic E-state index is 10.1. The topological polar surface area (TPSA) is 99.4 Å². The highest BCUT2D eigenvalue weighted by atomic mass is 16.7. The molecule has 0 unspecified atom stereocenters. The molecule has 4 N–H and O–H groups in total. The van der Waals surface area contributed by atoms with Gasteiger partial charge in [-0.2, -0.15) is 0 Å². The molecule has 1 aliphatic rings. The molecule has 0 saturated carbocycles. The van der Waals surface area contributed by atoms with Crippen molar-refractivity contribution in [2.45, 2.75) is 30.7 Å². The number of hydrogen-bond donors (Lipinski definition) is 4. The van der Waals surface area contributed by atoms with Crippen molar-refractivity contribution in [1.82, 2.24) is 0 Å². The summed E-state index contributed by atoms with van der Waals surface area (Å²) in [6, 6.07) is 13.1. The van der Waals surface area contributed by atoms with Crippen molar-refractivity contribution in [3.05, 3.63) is 42.5 Å². The Morgan fingerprint density at radius 1 is 0.955 bits per heavy atom. The average Bonchev–Trinajstić information content (AvgIpc) is 2.54. The summed E-state index contributed by atoms with van der Waals surface area (Å²) in [6.07, 6.45) is -6.33. The number of benzene rings is 2. The summed E-state index contributed by atoms with van der Waals surface area (Å²) < 4.78 is 10.6. The lowest BCUT2D eigenvalue weighted by Crippen LogP contribution is -2.60. The van der Waals surface area contributed by atoms with E-state index in [9.17, 15) is 15.3 Å². The molecule has 0 amide bonds. The number of hydrogen-bond acceptors (Lipinski definition) is 6. The van der Waals surface area contributed by atoms with E-state index in [4.69, 9.17) is 14.6 Å². The van der Waals surface area contributed by atoms with Crippen LogP contribution in [0.1, 0.15) is 0 Å². The summed E-state index contributed by atoms with van der Waals surface area (Å²) in [4.78, 5) is 0. The van der Waals surface area contributed by atoms with Crippen LogP contribution in [0.3, 0.4) is 0 Å². The van der Waals surface area contributed by atoms with Gasteiger partial charge in [0.15, 0.2) is 12.4 Å². The van der Waals surface area contributed by atoms with Gasteiger partial charge in [0.1, 0.15) is 24.1 Å². The highest BCUT2D eigenvalue weighted by Crippen LogP contribution is 2.26.